The summed E-state index contributed by atoms with van der Waals surface area (Å²) in [6, 6.07) is 17.9. The van der Waals surface area contributed by atoms with E-state index in [1.54, 1.807) is 18.2 Å². The lowest BCUT2D eigenvalue weighted by atomic mass is 10.2. The third-order valence-electron chi connectivity index (χ3n) is 2.82. The Morgan fingerprint density at radius 1 is 0.950 bits per heavy atom. The Labute approximate surface area is 119 Å². The molecule has 0 aliphatic carbocycles. The molecule has 0 saturated carbocycles. The smallest absolute Gasteiger partial charge is 0.348 e. The molecule has 1 aromatic heterocycles. The molecular formula is C16H10O3S. The Hall–Kier alpha value is -2.33. The van der Waals surface area contributed by atoms with Crippen molar-refractivity contribution in [3.63, 3.8) is 0 Å². The van der Waals surface area contributed by atoms with Crippen LogP contribution in [-0.4, -0.2) is 5.12 Å². The molecule has 0 radical (unpaired) electrons. The van der Waals surface area contributed by atoms with Crippen molar-refractivity contribution in [1.82, 2.24) is 0 Å². The summed E-state index contributed by atoms with van der Waals surface area (Å²) in [4.78, 5) is 24.8. The molecule has 0 aliphatic rings. The van der Waals surface area contributed by atoms with Crippen molar-refractivity contribution in [3.05, 3.63) is 76.6 Å². The summed E-state index contributed by atoms with van der Waals surface area (Å²) in [7, 11) is 0. The van der Waals surface area contributed by atoms with Crippen molar-refractivity contribution in [3.8, 4) is 0 Å². The lowest BCUT2D eigenvalue weighted by Crippen LogP contribution is -2.11. The number of fused-ring (bicyclic) bond motifs is 1. The number of rotatable bonds is 2. The molecule has 0 unspecified atom stereocenters. The van der Waals surface area contributed by atoms with Gasteiger partial charge in [-0.2, -0.15) is 0 Å². The maximum Gasteiger partial charge on any atom is 0.348 e. The van der Waals surface area contributed by atoms with E-state index in [0.29, 0.717) is 5.58 Å². The lowest BCUT2D eigenvalue weighted by molar-refractivity contribution is 0.108. The Bertz CT molecular complexity index is 822. The van der Waals surface area contributed by atoms with Gasteiger partial charge in [-0.1, -0.05) is 36.4 Å². The molecular weight excluding hydrogens is 272 g/mol. The fourth-order valence-corrected chi connectivity index (χ4v) is 2.61. The second kappa shape index (κ2) is 5.35. The number of benzene rings is 2. The number of carbonyl (C=O) groups excluding carboxylic acids is 1. The highest BCUT2D eigenvalue weighted by Gasteiger charge is 2.14. The molecule has 2 aromatic carbocycles. The van der Waals surface area contributed by atoms with Gasteiger partial charge in [0.05, 0.1) is 0 Å². The maximum absolute atomic E-state index is 12.2. The number of thioether (sulfide) groups is 1. The second-order valence-corrected chi connectivity index (χ2v) is 5.23. The van der Waals surface area contributed by atoms with Crippen LogP contribution in [0.4, 0.5) is 0 Å². The van der Waals surface area contributed by atoms with Crippen molar-refractivity contribution in [1.29, 1.82) is 0 Å². The Morgan fingerprint density at radius 2 is 1.65 bits per heavy atom. The molecule has 0 bridgehead atoms. The predicted octanol–water partition coefficient (Wildman–Crippen LogP) is 3.73. The van der Waals surface area contributed by atoms with Gasteiger partial charge >= 0.3 is 5.63 Å². The normalized spacial score (nSPS) is 10.6. The van der Waals surface area contributed by atoms with Gasteiger partial charge < -0.3 is 4.42 Å². The lowest BCUT2D eigenvalue weighted by Gasteiger charge is -2.01. The van der Waals surface area contributed by atoms with E-state index in [2.05, 4.69) is 0 Å². The van der Waals surface area contributed by atoms with Gasteiger partial charge in [-0.25, -0.2) is 4.79 Å². The van der Waals surface area contributed by atoms with Gasteiger partial charge in [0, 0.05) is 10.3 Å². The monoisotopic (exact) mass is 282 g/mol. The molecule has 3 nitrogen and oxygen atoms in total. The molecule has 0 amide bonds. The van der Waals surface area contributed by atoms with Crippen molar-refractivity contribution >= 4 is 27.8 Å². The van der Waals surface area contributed by atoms with E-state index >= 15 is 0 Å². The van der Waals surface area contributed by atoms with Crippen LogP contribution in [0.3, 0.4) is 0 Å². The molecule has 4 heteroatoms. The number of carbonyl (C=O) groups is 1. The van der Waals surface area contributed by atoms with Crippen LogP contribution in [0.25, 0.3) is 11.0 Å². The van der Waals surface area contributed by atoms with Crippen LogP contribution in [-0.2, 0) is 0 Å². The number of hydrogen-bond donors (Lipinski definition) is 0. The van der Waals surface area contributed by atoms with E-state index in [1.807, 2.05) is 42.5 Å². The molecule has 0 atom stereocenters. The van der Waals surface area contributed by atoms with Crippen LogP contribution in [0.15, 0.2) is 74.8 Å². The van der Waals surface area contributed by atoms with Crippen molar-refractivity contribution in [2.24, 2.45) is 0 Å². The van der Waals surface area contributed by atoms with Crippen LogP contribution in [0.5, 0.6) is 0 Å². The fraction of sp³-hybridized carbons (Fsp3) is 0. The highest BCUT2D eigenvalue weighted by molar-refractivity contribution is 8.14. The Kier molecular flexibility index (Phi) is 3.39. The largest absolute Gasteiger partial charge is 0.422 e. The van der Waals surface area contributed by atoms with E-state index in [9.17, 15) is 9.59 Å². The molecule has 0 spiro atoms. The van der Waals surface area contributed by atoms with Crippen LogP contribution >= 0.6 is 11.8 Å². The summed E-state index contributed by atoms with van der Waals surface area (Å²) in [5.74, 6) is 0. The molecule has 98 valence electrons. The van der Waals surface area contributed by atoms with E-state index in [0.717, 1.165) is 22.0 Å². The summed E-state index contributed by atoms with van der Waals surface area (Å²) >= 11 is 1.02. The molecule has 1 heterocycles. The average Bonchev–Trinajstić information content (AvgIpc) is 2.47. The van der Waals surface area contributed by atoms with Gasteiger partial charge in [0.25, 0.3) is 0 Å². The molecule has 0 aliphatic heterocycles. The van der Waals surface area contributed by atoms with Crippen LogP contribution in [0.2, 0.25) is 0 Å². The first-order valence-electron chi connectivity index (χ1n) is 6.04. The van der Waals surface area contributed by atoms with E-state index in [-0.39, 0.29) is 10.7 Å². The third kappa shape index (κ3) is 2.51. The second-order valence-electron chi connectivity index (χ2n) is 4.19. The summed E-state index contributed by atoms with van der Waals surface area (Å²) in [6.07, 6.45) is 0. The highest BCUT2D eigenvalue weighted by atomic mass is 32.2. The molecule has 0 saturated heterocycles. The minimum atomic E-state index is -0.600. The number of para-hydroxylation sites is 1. The zero-order valence-electron chi connectivity index (χ0n) is 10.4. The first kappa shape index (κ1) is 12.7. The maximum atomic E-state index is 12.2. The Balaban J connectivity index is 1.99. The molecule has 3 aromatic rings. The summed E-state index contributed by atoms with van der Waals surface area (Å²) in [5, 5.41) is 0.430. The standard InChI is InChI=1S/C16H10O3S/c17-15-13(10-11-6-4-5-9-14(11)19-15)16(18)20-12-7-2-1-3-8-12/h1-10H. The fourth-order valence-electron chi connectivity index (χ4n) is 1.85. The van der Waals surface area contributed by atoms with Gasteiger partial charge in [-0.15, -0.1) is 0 Å². The third-order valence-corrected chi connectivity index (χ3v) is 3.73. The minimum Gasteiger partial charge on any atom is -0.422 e. The average molecular weight is 282 g/mol. The quantitative estimate of drug-likeness (QED) is 0.531. The minimum absolute atomic E-state index is 0.0672. The molecule has 0 N–H and O–H groups in total. The Morgan fingerprint density at radius 3 is 2.45 bits per heavy atom. The number of hydrogen-bond acceptors (Lipinski definition) is 4. The zero-order valence-corrected chi connectivity index (χ0v) is 11.2. The summed E-state index contributed by atoms with van der Waals surface area (Å²) in [6.45, 7) is 0. The van der Waals surface area contributed by atoms with Gasteiger partial charge in [-0.05, 0) is 36.0 Å². The van der Waals surface area contributed by atoms with Crippen molar-refractivity contribution < 1.29 is 9.21 Å². The van der Waals surface area contributed by atoms with E-state index in [4.69, 9.17) is 4.42 Å². The van der Waals surface area contributed by atoms with Gasteiger partial charge in [0.1, 0.15) is 11.1 Å². The van der Waals surface area contributed by atoms with Crippen molar-refractivity contribution in [2.45, 2.75) is 4.90 Å². The SMILES string of the molecule is O=C(Sc1ccccc1)c1cc2ccccc2oc1=O. The summed E-state index contributed by atoms with van der Waals surface area (Å²) < 4.78 is 5.16. The highest BCUT2D eigenvalue weighted by Crippen LogP contribution is 2.22. The molecule has 0 fully saturated rings. The van der Waals surface area contributed by atoms with Crippen LogP contribution in [0.1, 0.15) is 10.4 Å². The first-order valence-corrected chi connectivity index (χ1v) is 6.86. The van der Waals surface area contributed by atoms with Gasteiger partial charge in [0.2, 0.25) is 5.12 Å². The van der Waals surface area contributed by atoms with Gasteiger partial charge in [0.15, 0.2) is 0 Å². The van der Waals surface area contributed by atoms with Crippen LogP contribution < -0.4 is 5.63 Å². The topological polar surface area (TPSA) is 47.3 Å². The van der Waals surface area contributed by atoms with E-state index < -0.39 is 5.63 Å². The molecule has 20 heavy (non-hydrogen) atoms. The molecule has 3 rings (SSSR count). The summed E-state index contributed by atoms with van der Waals surface area (Å²) in [5.41, 5.74) is -0.0477. The first-order chi connectivity index (χ1) is 9.74. The van der Waals surface area contributed by atoms with Crippen LogP contribution in [0, 0.1) is 0 Å². The van der Waals surface area contributed by atoms with E-state index in [1.165, 1.54) is 0 Å². The van der Waals surface area contributed by atoms with Crippen molar-refractivity contribution in [2.75, 3.05) is 0 Å². The predicted molar refractivity (Wildman–Crippen MR) is 79.1 cm³/mol. The van der Waals surface area contributed by atoms with Gasteiger partial charge in [-0.3, -0.25) is 4.79 Å². The zero-order chi connectivity index (χ0) is 13.9.